The Morgan fingerprint density at radius 3 is 2.44 bits per heavy atom. The lowest BCUT2D eigenvalue weighted by Gasteiger charge is -2.30. The maximum Gasteiger partial charge on any atom is 0.387 e. The predicted octanol–water partition coefficient (Wildman–Crippen LogP) is 4.22. The maximum absolute atomic E-state index is 12.6. The number of benzene rings is 1. The van der Waals surface area contributed by atoms with E-state index in [4.69, 9.17) is 5.11 Å². The van der Waals surface area contributed by atoms with Crippen LogP contribution in [0.15, 0.2) is 29.9 Å². The summed E-state index contributed by atoms with van der Waals surface area (Å²) in [5.41, 5.74) is 1.91. The molecule has 1 heterocycles. The number of carboxylic acid groups (broad SMARTS) is 1. The number of hydrogen-bond acceptors (Lipinski definition) is 6. The van der Waals surface area contributed by atoms with Crippen molar-refractivity contribution in [2.45, 2.75) is 39.2 Å². The fourth-order valence-electron chi connectivity index (χ4n) is 2.41. The van der Waals surface area contributed by atoms with Gasteiger partial charge in [0.2, 0.25) is 0 Å². The summed E-state index contributed by atoms with van der Waals surface area (Å²) in [6, 6.07) is 3.04. The van der Waals surface area contributed by atoms with Gasteiger partial charge < -0.3 is 19.5 Å². The number of aromatic nitrogens is 1. The second-order valence-electron chi connectivity index (χ2n) is 5.43. The highest BCUT2D eigenvalue weighted by Crippen LogP contribution is 2.35. The third kappa shape index (κ3) is 6.27. The second-order valence-corrected chi connectivity index (χ2v) is 6.40. The standard InChI is InChI=1S/C16H16F4N2O4S/c1-9(4-14(23)24)22(7-11-6-21-8-27-11)10-2-3-12(25-15(17)18)13(5-10)26-16(19)20/h2-3,5-6,8-9,15-16H,4,7H2,1H3,(H,23,24). The zero-order chi connectivity index (χ0) is 20.0. The normalized spacial score (nSPS) is 12.3. The van der Waals surface area contributed by atoms with E-state index in [2.05, 4.69) is 14.5 Å². The molecule has 0 aliphatic heterocycles. The van der Waals surface area contributed by atoms with E-state index in [9.17, 15) is 22.4 Å². The van der Waals surface area contributed by atoms with Crippen LogP contribution in [0.4, 0.5) is 23.2 Å². The molecule has 148 valence electrons. The van der Waals surface area contributed by atoms with Gasteiger partial charge in [-0.1, -0.05) is 0 Å². The molecule has 1 N–H and O–H groups in total. The van der Waals surface area contributed by atoms with Crippen LogP contribution in [0, 0.1) is 0 Å². The van der Waals surface area contributed by atoms with Gasteiger partial charge in [-0.05, 0) is 19.1 Å². The van der Waals surface area contributed by atoms with E-state index in [-0.39, 0.29) is 13.0 Å². The highest BCUT2D eigenvalue weighted by atomic mass is 32.1. The van der Waals surface area contributed by atoms with Gasteiger partial charge in [-0.3, -0.25) is 9.78 Å². The van der Waals surface area contributed by atoms with Gasteiger partial charge >= 0.3 is 19.2 Å². The van der Waals surface area contributed by atoms with Crippen molar-refractivity contribution < 1.29 is 36.9 Å². The van der Waals surface area contributed by atoms with Gasteiger partial charge in [0.05, 0.1) is 18.5 Å². The first-order valence-electron chi connectivity index (χ1n) is 7.65. The molecule has 11 heteroatoms. The topological polar surface area (TPSA) is 71.9 Å². The van der Waals surface area contributed by atoms with E-state index in [0.29, 0.717) is 5.69 Å². The third-order valence-corrected chi connectivity index (χ3v) is 4.27. The SMILES string of the molecule is CC(CC(=O)O)N(Cc1cncs1)c1ccc(OC(F)F)c(OC(F)F)c1. The average Bonchev–Trinajstić information content (AvgIpc) is 3.06. The zero-order valence-corrected chi connectivity index (χ0v) is 14.8. The van der Waals surface area contributed by atoms with Crippen molar-refractivity contribution >= 4 is 23.0 Å². The van der Waals surface area contributed by atoms with Crippen molar-refractivity contribution in [1.29, 1.82) is 0 Å². The molecule has 0 aliphatic rings. The lowest BCUT2D eigenvalue weighted by Crippen LogP contribution is -2.34. The summed E-state index contributed by atoms with van der Waals surface area (Å²) in [6.45, 7) is -4.56. The first-order chi connectivity index (χ1) is 12.8. The Balaban J connectivity index is 2.38. The van der Waals surface area contributed by atoms with Crippen molar-refractivity contribution in [3.8, 4) is 11.5 Å². The predicted molar refractivity (Wildman–Crippen MR) is 89.7 cm³/mol. The van der Waals surface area contributed by atoms with E-state index in [0.717, 1.165) is 17.0 Å². The van der Waals surface area contributed by atoms with Crippen LogP contribution in [-0.4, -0.2) is 35.3 Å². The van der Waals surface area contributed by atoms with Crippen molar-refractivity contribution in [3.63, 3.8) is 0 Å². The number of halogens is 4. The van der Waals surface area contributed by atoms with E-state index >= 15 is 0 Å². The minimum Gasteiger partial charge on any atom is -0.481 e. The van der Waals surface area contributed by atoms with Gasteiger partial charge in [0.1, 0.15) is 0 Å². The van der Waals surface area contributed by atoms with Crippen LogP contribution >= 0.6 is 11.3 Å². The van der Waals surface area contributed by atoms with Crippen LogP contribution in [-0.2, 0) is 11.3 Å². The number of rotatable bonds is 10. The molecule has 1 atom stereocenters. The molecule has 0 aliphatic carbocycles. The van der Waals surface area contributed by atoms with E-state index < -0.39 is 36.7 Å². The fraction of sp³-hybridized carbons (Fsp3) is 0.375. The largest absolute Gasteiger partial charge is 0.481 e. The minimum atomic E-state index is -3.24. The number of thiazole rings is 1. The molecule has 6 nitrogen and oxygen atoms in total. The summed E-state index contributed by atoms with van der Waals surface area (Å²) in [5.74, 6) is -2.16. The highest BCUT2D eigenvalue weighted by Gasteiger charge is 2.22. The number of hydrogen-bond donors (Lipinski definition) is 1. The smallest absolute Gasteiger partial charge is 0.387 e. The summed E-state index contributed by atoms with van der Waals surface area (Å²) in [4.78, 5) is 17.4. The number of aliphatic carboxylic acids is 1. The second kappa shape index (κ2) is 9.40. The molecule has 1 unspecified atom stereocenters. The summed E-state index contributed by atoms with van der Waals surface area (Å²) in [5, 5.41) is 9.06. The number of carboxylic acids is 1. The van der Waals surface area contributed by atoms with E-state index in [1.54, 1.807) is 23.5 Å². The van der Waals surface area contributed by atoms with Gasteiger partial charge in [0.25, 0.3) is 0 Å². The molecule has 1 aromatic heterocycles. The van der Waals surface area contributed by atoms with Gasteiger partial charge in [-0.15, -0.1) is 11.3 Å². The van der Waals surface area contributed by atoms with Crippen molar-refractivity contribution in [3.05, 3.63) is 34.8 Å². The van der Waals surface area contributed by atoms with Crippen LogP contribution < -0.4 is 14.4 Å². The van der Waals surface area contributed by atoms with E-state index in [1.807, 2.05) is 0 Å². The molecule has 1 aromatic carbocycles. The molecule has 0 bridgehead atoms. The summed E-state index contributed by atoms with van der Waals surface area (Å²) < 4.78 is 58.7. The zero-order valence-electron chi connectivity index (χ0n) is 14.0. The molecular weight excluding hydrogens is 392 g/mol. The maximum atomic E-state index is 12.6. The lowest BCUT2D eigenvalue weighted by molar-refractivity contribution is -0.137. The first kappa shape index (κ1) is 20.7. The Morgan fingerprint density at radius 2 is 1.89 bits per heavy atom. The fourth-order valence-corrected chi connectivity index (χ4v) is 3.00. The average molecular weight is 408 g/mol. The van der Waals surface area contributed by atoms with Gasteiger partial charge in [0, 0.05) is 28.9 Å². The molecule has 0 spiro atoms. The lowest BCUT2D eigenvalue weighted by atomic mass is 10.1. The van der Waals surface area contributed by atoms with E-state index in [1.165, 1.54) is 17.4 Å². The number of nitrogens with zero attached hydrogens (tertiary/aromatic N) is 2. The molecule has 27 heavy (non-hydrogen) atoms. The van der Waals surface area contributed by atoms with Crippen LogP contribution in [0.25, 0.3) is 0 Å². The minimum absolute atomic E-state index is 0.223. The molecule has 2 aromatic rings. The van der Waals surface area contributed by atoms with Crippen LogP contribution in [0.1, 0.15) is 18.2 Å². The highest BCUT2D eigenvalue weighted by molar-refractivity contribution is 7.09. The van der Waals surface area contributed by atoms with Gasteiger partial charge in [-0.2, -0.15) is 17.6 Å². The molecule has 0 radical (unpaired) electrons. The van der Waals surface area contributed by atoms with Crippen LogP contribution in [0.5, 0.6) is 11.5 Å². The number of ether oxygens (including phenoxy) is 2. The Labute approximate surface area is 156 Å². The monoisotopic (exact) mass is 408 g/mol. The van der Waals surface area contributed by atoms with Crippen molar-refractivity contribution in [2.75, 3.05) is 4.90 Å². The molecule has 0 saturated heterocycles. The van der Waals surface area contributed by atoms with Crippen molar-refractivity contribution in [2.24, 2.45) is 0 Å². The molecule has 0 fully saturated rings. The Morgan fingerprint density at radius 1 is 1.22 bits per heavy atom. The van der Waals surface area contributed by atoms with Gasteiger partial charge in [0.15, 0.2) is 11.5 Å². The molecule has 2 rings (SSSR count). The molecular formula is C16H16F4N2O4S. The molecule has 0 amide bonds. The Kier molecular flexibility index (Phi) is 7.22. The summed E-state index contributed by atoms with van der Waals surface area (Å²) >= 11 is 1.33. The van der Waals surface area contributed by atoms with Crippen LogP contribution in [0.3, 0.4) is 0 Å². The number of anilines is 1. The Hall–Kier alpha value is -2.56. The number of carbonyl (C=O) groups is 1. The van der Waals surface area contributed by atoms with Crippen molar-refractivity contribution in [1.82, 2.24) is 4.98 Å². The van der Waals surface area contributed by atoms with Crippen LogP contribution in [0.2, 0.25) is 0 Å². The summed E-state index contributed by atoms with van der Waals surface area (Å²) in [7, 11) is 0. The Bertz CT molecular complexity index is 746. The first-order valence-corrected chi connectivity index (χ1v) is 8.53. The summed E-state index contributed by atoms with van der Waals surface area (Å²) in [6.07, 6.45) is 1.37. The third-order valence-electron chi connectivity index (χ3n) is 3.50. The quantitative estimate of drug-likeness (QED) is 0.594. The molecule has 0 saturated carbocycles. The number of alkyl halides is 4. The van der Waals surface area contributed by atoms with Gasteiger partial charge in [-0.25, -0.2) is 0 Å².